The molecule has 3 amide bonds. The van der Waals surface area contributed by atoms with Crippen molar-refractivity contribution in [3.63, 3.8) is 0 Å². The smallest absolute Gasteiger partial charge is 0.362 e. The van der Waals surface area contributed by atoms with Gasteiger partial charge in [-0.3, -0.25) is 14.4 Å². The summed E-state index contributed by atoms with van der Waals surface area (Å²) < 4.78 is 32.1. The number of nitrogens with two attached hydrogens (primary N) is 1. The second-order valence-electron chi connectivity index (χ2n) is 8.44. The lowest BCUT2D eigenvalue weighted by atomic mass is 9.84. The van der Waals surface area contributed by atoms with E-state index in [1.807, 2.05) is 25.7 Å². The lowest BCUT2D eigenvalue weighted by Crippen LogP contribution is -2.32. The number of carbonyl (C=O) groups is 3. The van der Waals surface area contributed by atoms with Gasteiger partial charge in [0.2, 0.25) is 12.3 Å². The van der Waals surface area contributed by atoms with Crippen LogP contribution in [0.5, 0.6) is 0 Å². The van der Waals surface area contributed by atoms with Crippen molar-refractivity contribution in [1.29, 1.82) is 0 Å². The minimum absolute atomic E-state index is 0.104. The SMILES string of the molecule is CC.CC1CN(C(=O)CC(C)(C)C)CC1(C)C.CCNC=O.NC(=O)C(F)(F)F. The minimum atomic E-state index is -4.86. The molecule has 0 saturated carbocycles. The van der Waals surface area contributed by atoms with Crippen molar-refractivity contribution >= 4 is 18.2 Å². The van der Waals surface area contributed by atoms with Gasteiger partial charge in [0.05, 0.1) is 0 Å². The average molecular weight is 428 g/mol. The first-order valence-electron chi connectivity index (χ1n) is 9.79. The van der Waals surface area contributed by atoms with Gasteiger partial charge in [0.1, 0.15) is 0 Å². The van der Waals surface area contributed by atoms with Crippen molar-refractivity contribution < 1.29 is 27.6 Å². The molecule has 1 fully saturated rings. The molecule has 6 nitrogen and oxygen atoms in total. The summed E-state index contributed by atoms with van der Waals surface area (Å²) in [6.45, 7) is 21.6. The molecule has 29 heavy (non-hydrogen) atoms. The van der Waals surface area contributed by atoms with Crippen LogP contribution in [0.1, 0.15) is 68.7 Å². The number of primary amides is 1. The van der Waals surface area contributed by atoms with Gasteiger partial charge in [-0.1, -0.05) is 55.4 Å². The number of halogens is 3. The highest BCUT2D eigenvalue weighted by Crippen LogP contribution is 2.35. The Balaban J connectivity index is -0.000000402. The third kappa shape index (κ3) is 16.8. The number of alkyl halides is 3. The second-order valence-corrected chi connectivity index (χ2v) is 8.44. The molecule has 0 radical (unpaired) electrons. The second kappa shape index (κ2) is 14.2. The van der Waals surface area contributed by atoms with Crippen molar-refractivity contribution in [3.8, 4) is 0 Å². The Morgan fingerprint density at radius 2 is 1.62 bits per heavy atom. The van der Waals surface area contributed by atoms with Gasteiger partial charge in [-0.05, 0) is 23.7 Å². The zero-order valence-corrected chi connectivity index (χ0v) is 19.4. The Morgan fingerprint density at radius 3 is 1.79 bits per heavy atom. The lowest BCUT2D eigenvalue weighted by Gasteiger charge is -2.24. The molecule has 9 heteroatoms. The topological polar surface area (TPSA) is 92.5 Å². The number of nitrogens with one attached hydrogen (secondary N) is 1. The predicted molar refractivity (Wildman–Crippen MR) is 110 cm³/mol. The monoisotopic (exact) mass is 427 g/mol. The van der Waals surface area contributed by atoms with Crippen LogP contribution in [0.15, 0.2) is 0 Å². The van der Waals surface area contributed by atoms with E-state index in [0.717, 1.165) is 19.6 Å². The molecule has 1 saturated heterocycles. The number of hydrogen-bond acceptors (Lipinski definition) is 3. The van der Waals surface area contributed by atoms with Gasteiger partial charge in [-0.25, -0.2) is 0 Å². The molecule has 0 aliphatic carbocycles. The summed E-state index contributed by atoms with van der Waals surface area (Å²) in [5.74, 6) is -1.33. The maximum atomic E-state index is 12.0. The maximum Gasteiger partial charge on any atom is 0.470 e. The van der Waals surface area contributed by atoms with Crippen molar-refractivity contribution in [2.45, 2.75) is 74.9 Å². The van der Waals surface area contributed by atoms with E-state index in [1.54, 1.807) is 0 Å². The first-order valence-corrected chi connectivity index (χ1v) is 9.79. The number of rotatable bonds is 3. The molecule has 0 bridgehead atoms. The van der Waals surface area contributed by atoms with Gasteiger partial charge in [0, 0.05) is 26.1 Å². The Morgan fingerprint density at radius 1 is 1.21 bits per heavy atom. The highest BCUT2D eigenvalue weighted by atomic mass is 19.4. The van der Waals surface area contributed by atoms with E-state index in [1.165, 1.54) is 0 Å². The zero-order chi connectivity index (χ0) is 24.1. The molecule has 1 heterocycles. The van der Waals surface area contributed by atoms with E-state index in [9.17, 15) is 22.8 Å². The van der Waals surface area contributed by atoms with Crippen molar-refractivity contribution in [3.05, 3.63) is 0 Å². The molecular weight excluding hydrogens is 387 g/mol. The molecule has 1 unspecified atom stereocenters. The molecule has 0 aromatic heterocycles. The molecule has 1 atom stereocenters. The summed E-state index contributed by atoms with van der Waals surface area (Å²) in [7, 11) is 0. The van der Waals surface area contributed by atoms with Crippen molar-refractivity contribution in [1.82, 2.24) is 10.2 Å². The Bertz CT molecular complexity index is 488. The van der Waals surface area contributed by atoms with Gasteiger partial charge in [-0.15, -0.1) is 0 Å². The lowest BCUT2D eigenvalue weighted by molar-refractivity contribution is -0.169. The molecular formula is C20H40F3N3O3. The molecule has 1 aliphatic rings. The fourth-order valence-electron chi connectivity index (χ4n) is 2.13. The van der Waals surface area contributed by atoms with Crippen LogP contribution in [0.4, 0.5) is 13.2 Å². The predicted octanol–water partition coefficient (Wildman–Crippen LogP) is 3.74. The number of hydrogen-bond donors (Lipinski definition) is 2. The van der Waals surface area contributed by atoms with Gasteiger partial charge in [0.25, 0.3) is 0 Å². The number of nitrogens with zero attached hydrogens (tertiary/aromatic N) is 1. The first-order chi connectivity index (χ1) is 13.0. The Kier molecular flexibility index (Phi) is 15.6. The summed E-state index contributed by atoms with van der Waals surface area (Å²) >= 11 is 0. The summed E-state index contributed by atoms with van der Waals surface area (Å²) in [4.78, 5) is 32.5. The fourth-order valence-corrected chi connectivity index (χ4v) is 2.13. The largest absolute Gasteiger partial charge is 0.470 e. The Labute approximate surface area is 173 Å². The van der Waals surface area contributed by atoms with E-state index >= 15 is 0 Å². The van der Waals surface area contributed by atoms with Crippen LogP contribution < -0.4 is 11.1 Å². The first kappa shape index (κ1) is 31.9. The molecule has 3 N–H and O–H groups in total. The van der Waals surface area contributed by atoms with E-state index in [4.69, 9.17) is 4.79 Å². The number of likely N-dealkylation sites (tertiary alicyclic amines) is 1. The van der Waals surface area contributed by atoms with Crippen LogP contribution >= 0.6 is 0 Å². The van der Waals surface area contributed by atoms with Crippen molar-refractivity contribution in [2.24, 2.45) is 22.5 Å². The summed E-state index contributed by atoms with van der Waals surface area (Å²) in [6, 6.07) is 0. The highest BCUT2D eigenvalue weighted by molar-refractivity contribution is 5.79. The average Bonchev–Trinajstić information content (AvgIpc) is 2.82. The van der Waals surface area contributed by atoms with Gasteiger partial charge < -0.3 is 16.0 Å². The molecule has 0 aromatic rings. The van der Waals surface area contributed by atoms with E-state index < -0.39 is 12.1 Å². The van der Waals surface area contributed by atoms with Crippen LogP contribution in [0.3, 0.4) is 0 Å². The number of amides is 3. The van der Waals surface area contributed by atoms with E-state index in [0.29, 0.717) is 24.7 Å². The fraction of sp³-hybridized carbons (Fsp3) is 0.850. The van der Waals surface area contributed by atoms with E-state index in [-0.39, 0.29) is 10.8 Å². The van der Waals surface area contributed by atoms with Crippen LogP contribution in [0.25, 0.3) is 0 Å². The Hall–Kier alpha value is -1.80. The van der Waals surface area contributed by atoms with Gasteiger partial charge in [-0.2, -0.15) is 13.2 Å². The maximum absolute atomic E-state index is 12.0. The molecule has 0 aromatic carbocycles. The highest BCUT2D eigenvalue weighted by Gasteiger charge is 2.38. The van der Waals surface area contributed by atoms with E-state index in [2.05, 4.69) is 52.6 Å². The zero-order valence-electron chi connectivity index (χ0n) is 19.4. The minimum Gasteiger partial charge on any atom is -0.362 e. The standard InChI is InChI=1S/C13H25NO.C3H7NO.C2H2F3NO.C2H6/c1-10-8-14(9-13(10,5)6)11(15)7-12(2,3)4;1-2-4-3-5;3-2(4,5)1(6)7;1-2/h10H,7-9H2,1-6H3;3H,2H2,1H3,(H,4,5);(H2,6,7);1-2H3. The molecule has 0 spiro atoms. The third-order valence-electron chi connectivity index (χ3n) is 4.03. The molecule has 174 valence electrons. The molecule has 1 rings (SSSR count). The molecule has 1 aliphatic heterocycles. The summed E-state index contributed by atoms with van der Waals surface area (Å²) in [5.41, 5.74) is 4.20. The van der Waals surface area contributed by atoms with Crippen LogP contribution in [0, 0.1) is 16.7 Å². The van der Waals surface area contributed by atoms with Crippen LogP contribution in [-0.2, 0) is 14.4 Å². The van der Waals surface area contributed by atoms with Gasteiger partial charge >= 0.3 is 12.1 Å². The quantitative estimate of drug-likeness (QED) is 0.672. The van der Waals surface area contributed by atoms with Crippen molar-refractivity contribution in [2.75, 3.05) is 19.6 Å². The van der Waals surface area contributed by atoms with Crippen LogP contribution in [0.2, 0.25) is 0 Å². The summed E-state index contributed by atoms with van der Waals surface area (Å²) in [5, 5.41) is 2.43. The summed E-state index contributed by atoms with van der Waals surface area (Å²) in [6.07, 6.45) is -3.52. The third-order valence-corrected chi connectivity index (χ3v) is 4.03. The normalized spacial score (nSPS) is 17.4. The van der Waals surface area contributed by atoms with Gasteiger partial charge in [0.15, 0.2) is 0 Å². The number of carbonyl (C=O) groups excluding carboxylic acids is 3. The van der Waals surface area contributed by atoms with Crippen LogP contribution in [-0.4, -0.2) is 48.9 Å².